The summed E-state index contributed by atoms with van der Waals surface area (Å²) in [5.41, 5.74) is 3.95. The number of rotatable bonds is 4. The molecule has 4 heteroatoms. The highest BCUT2D eigenvalue weighted by atomic mass is 32.2. The summed E-state index contributed by atoms with van der Waals surface area (Å²) in [6.45, 7) is 0. The maximum Gasteiger partial charge on any atom is 0.124 e. The fourth-order valence-corrected chi connectivity index (χ4v) is 5.73. The number of hydrogen-bond donors (Lipinski definition) is 1. The third-order valence-electron chi connectivity index (χ3n) is 5.21. The Hall–Kier alpha value is -2.95. The van der Waals surface area contributed by atoms with Crippen LogP contribution in [0.2, 0.25) is 0 Å². The summed E-state index contributed by atoms with van der Waals surface area (Å²) in [7, 11) is 0. The van der Waals surface area contributed by atoms with Gasteiger partial charge >= 0.3 is 0 Å². The van der Waals surface area contributed by atoms with Gasteiger partial charge in [0.2, 0.25) is 0 Å². The molecule has 1 aliphatic heterocycles. The van der Waals surface area contributed by atoms with Crippen molar-refractivity contribution in [2.75, 3.05) is 0 Å². The summed E-state index contributed by atoms with van der Waals surface area (Å²) < 4.78 is 0. The smallest absolute Gasteiger partial charge is 0.124 e. The molecule has 1 unspecified atom stereocenters. The number of thioether (sulfide) groups is 1. The van der Waals surface area contributed by atoms with Crippen LogP contribution in [0.4, 0.5) is 5.69 Å². The molecule has 0 fully saturated rings. The molecule has 1 N–H and O–H groups in total. The van der Waals surface area contributed by atoms with E-state index in [1.54, 1.807) is 17.8 Å². The number of hydrogen-bond acceptors (Lipinski definition) is 4. The zero-order valence-corrected chi connectivity index (χ0v) is 18.4. The van der Waals surface area contributed by atoms with Crippen molar-refractivity contribution in [3.05, 3.63) is 114 Å². The Balaban J connectivity index is 1.46. The van der Waals surface area contributed by atoms with Crippen LogP contribution in [0.1, 0.15) is 22.8 Å². The first-order valence-corrected chi connectivity index (χ1v) is 11.9. The Morgan fingerprint density at radius 1 is 0.742 bits per heavy atom. The van der Waals surface area contributed by atoms with Gasteiger partial charge < -0.3 is 5.11 Å². The number of aliphatic imine (C=N–C) groups is 1. The predicted molar refractivity (Wildman–Crippen MR) is 131 cm³/mol. The van der Waals surface area contributed by atoms with Gasteiger partial charge in [-0.05, 0) is 54.1 Å². The van der Waals surface area contributed by atoms with Gasteiger partial charge in [-0.1, -0.05) is 66.4 Å². The molecule has 5 rings (SSSR count). The van der Waals surface area contributed by atoms with Crippen LogP contribution in [0, 0.1) is 0 Å². The van der Waals surface area contributed by atoms with Crippen molar-refractivity contribution >= 4 is 34.9 Å². The predicted octanol–water partition coefficient (Wildman–Crippen LogP) is 7.90. The van der Waals surface area contributed by atoms with Crippen LogP contribution < -0.4 is 0 Å². The average molecular weight is 440 g/mol. The number of nitrogens with zero attached hydrogens (tertiary/aromatic N) is 1. The Morgan fingerprint density at radius 3 is 2.23 bits per heavy atom. The van der Waals surface area contributed by atoms with Gasteiger partial charge in [0.15, 0.2) is 0 Å². The minimum atomic E-state index is 0.220. The van der Waals surface area contributed by atoms with Crippen molar-refractivity contribution in [3.63, 3.8) is 0 Å². The number of phenols is 1. The number of para-hydroxylation sites is 2. The van der Waals surface area contributed by atoms with Gasteiger partial charge in [0.05, 0.1) is 11.4 Å². The van der Waals surface area contributed by atoms with E-state index in [0.717, 1.165) is 23.4 Å². The molecule has 1 aliphatic rings. The van der Waals surface area contributed by atoms with Gasteiger partial charge in [0.1, 0.15) is 5.75 Å². The van der Waals surface area contributed by atoms with E-state index in [2.05, 4.69) is 60.7 Å². The molecular weight excluding hydrogens is 418 g/mol. The molecular formula is C27H21NOS2. The molecule has 0 aliphatic carbocycles. The summed E-state index contributed by atoms with van der Waals surface area (Å²) in [5.74, 6) is 0.277. The minimum Gasteiger partial charge on any atom is -0.507 e. The van der Waals surface area contributed by atoms with E-state index in [9.17, 15) is 5.11 Å². The Labute approximate surface area is 191 Å². The molecule has 1 heterocycles. The van der Waals surface area contributed by atoms with E-state index < -0.39 is 0 Å². The van der Waals surface area contributed by atoms with Gasteiger partial charge in [-0.15, -0.1) is 11.8 Å². The lowest BCUT2D eigenvalue weighted by atomic mass is 10.0. The highest BCUT2D eigenvalue weighted by molar-refractivity contribution is 8.00. The molecule has 0 amide bonds. The first-order chi connectivity index (χ1) is 15.3. The van der Waals surface area contributed by atoms with Crippen molar-refractivity contribution in [3.8, 4) is 5.75 Å². The highest BCUT2D eigenvalue weighted by Gasteiger charge is 2.23. The first-order valence-electron chi connectivity index (χ1n) is 10.2. The Bertz CT molecular complexity index is 1220. The summed E-state index contributed by atoms with van der Waals surface area (Å²) in [6.07, 6.45) is 0.752. The Morgan fingerprint density at radius 2 is 1.42 bits per heavy atom. The standard InChI is InChI=1S/C27H21NOS2/c29-25-12-6-4-10-22(25)24-18-27(31-26-13-7-5-11-23(26)28-24)19-14-16-21(17-15-19)30-20-8-2-1-3-9-20/h1-17,27,29H,18H2. The molecule has 31 heavy (non-hydrogen) atoms. The van der Waals surface area contributed by atoms with Gasteiger partial charge in [0, 0.05) is 31.9 Å². The van der Waals surface area contributed by atoms with Gasteiger partial charge in [-0.3, -0.25) is 4.99 Å². The second kappa shape index (κ2) is 9.04. The number of aromatic hydroxyl groups is 1. The zero-order chi connectivity index (χ0) is 21.0. The molecule has 152 valence electrons. The van der Waals surface area contributed by atoms with Crippen LogP contribution in [0.25, 0.3) is 0 Å². The van der Waals surface area contributed by atoms with Crippen molar-refractivity contribution in [2.24, 2.45) is 4.99 Å². The van der Waals surface area contributed by atoms with Crippen LogP contribution in [-0.4, -0.2) is 10.8 Å². The van der Waals surface area contributed by atoms with Gasteiger partial charge in [0.25, 0.3) is 0 Å². The SMILES string of the molecule is Oc1ccccc1C1=Nc2ccccc2SC(c2ccc(Sc3ccccc3)cc2)C1. The second-order valence-electron chi connectivity index (χ2n) is 7.34. The van der Waals surface area contributed by atoms with Crippen LogP contribution in [0.3, 0.4) is 0 Å². The largest absolute Gasteiger partial charge is 0.507 e. The summed E-state index contributed by atoms with van der Waals surface area (Å²) in [4.78, 5) is 8.58. The zero-order valence-electron chi connectivity index (χ0n) is 16.8. The van der Waals surface area contributed by atoms with E-state index in [0.29, 0.717) is 0 Å². The molecule has 1 atom stereocenters. The maximum absolute atomic E-state index is 10.4. The van der Waals surface area contributed by atoms with Crippen LogP contribution in [0.5, 0.6) is 5.75 Å². The molecule has 0 bridgehead atoms. The van der Waals surface area contributed by atoms with Crippen LogP contribution in [0.15, 0.2) is 123 Å². The normalized spacial score (nSPS) is 15.6. The molecule has 2 nitrogen and oxygen atoms in total. The van der Waals surface area contributed by atoms with E-state index >= 15 is 0 Å². The lowest BCUT2D eigenvalue weighted by Gasteiger charge is -2.17. The highest BCUT2D eigenvalue weighted by Crippen LogP contribution is 2.46. The molecule has 0 saturated heterocycles. The van der Waals surface area contributed by atoms with E-state index in [-0.39, 0.29) is 11.0 Å². The summed E-state index contributed by atoms with van der Waals surface area (Å²) >= 11 is 3.61. The average Bonchev–Trinajstić information content (AvgIpc) is 3.00. The quantitative estimate of drug-likeness (QED) is 0.351. The molecule has 0 radical (unpaired) electrons. The molecule has 0 saturated carbocycles. The number of fused-ring (bicyclic) bond motifs is 1. The molecule has 0 spiro atoms. The molecule has 0 aromatic heterocycles. The van der Waals surface area contributed by atoms with E-state index in [4.69, 9.17) is 4.99 Å². The van der Waals surface area contributed by atoms with Gasteiger partial charge in [-0.2, -0.15) is 0 Å². The number of benzene rings is 4. The molecule has 4 aromatic carbocycles. The Kier molecular flexibility index (Phi) is 5.83. The van der Waals surface area contributed by atoms with Crippen molar-refractivity contribution in [1.82, 2.24) is 0 Å². The summed E-state index contributed by atoms with van der Waals surface area (Å²) in [5, 5.41) is 10.7. The maximum atomic E-state index is 10.4. The topological polar surface area (TPSA) is 32.6 Å². The van der Waals surface area contributed by atoms with Crippen molar-refractivity contribution in [2.45, 2.75) is 26.4 Å². The van der Waals surface area contributed by atoms with Crippen molar-refractivity contribution in [1.29, 1.82) is 0 Å². The second-order valence-corrected chi connectivity index (χ2v) is 9.73. The first kappa shape index (κ1) is 20.0. The fourth-order valence-electron chi connectivity index (χ4n) is 3.66. The molecule has 4 aromatic rings. The van der Waals surface area contributed by atoms with E-state index in [1.807, 2.05) is 48.2 Å². The summed E-state index contributed by atoms with van der Waals surface area (Å²) in [6, 6.07) is 35.0. The fraction of sp³-hybridized carbons (Fsp3) is 0.0741. The van der Waals surface area contributed by atoms with Gasteiger partial charge in [-0.25, -0.2) is 0 Å². The monoisotopic (exact) mass is 439 g/mol. The van der Waals surface area contributed by atoms with Crippen molar-refractivity contribution < 1.29 is 5.11 Å². The third kappa shape index (κ3) is 4.55. The minimum absolute atomic E-state index is 0.220. The lowest BCUT2D eigenvalue weighted by Crippen LogP contribution is -2.05. The lowest BCUT2D eigenvalue weighted by molar-refractivity contribution is 0.474. The van der Waals surface area contributed by atoms with E-state index in [1.165, 1.54) is 20.2 Å². The number of phenolic OH excluding ortho intramolecular Hbond substituents is 1. The van der Waals surface area contributed by atoms with Crippen LogP contribution >= 0.6 is 23.5 Å². The van der Waals surface area contributed by atoms with Crippen LogP contribution in [-0.2, 0) is 0 Å². The third-order valence-corrected chi connectivity index (χ3v) is 7.55.